The van der Waals surface area contributed by atoms with E-state index in [0.29, 0.717) is 17.4 Å². The lowest BCUT2D eigenvalue weighted by Gasteiger charge is -2.09. The average Bonchev–Trinajstić information content (AvgIpc) is 2.48. The first-order chi connectivity index (χ1) is 9.67. The summed E-state index contributed by atoms with van der Waals surface area (Å²) in [6.07, 6.45) is 3.42. The summed E-state index contributed by atoms with van der Waals surface area (Å²) >= 11 is 0. The molecule has 0 aliphatic rings. The van der Waals surface area contributed by atoms with E-state index >= 15 is 0 Å². The Hall–Kier alpha value is -2.96. The van der Waals surface area contributed by atoms with Gasteiger partial charge >= 0.3 is 0 Å². The van der Waals surface area contributed by atoms with E-state index in [1.165, 1.54) is 24.4 Å². The topological polar surface area (TPSA) is 103 Å². The van der Waals surface area contributed by atoms with Crippen molar-refractivity contribution in [1.29, 1.82) is 0 Å². The Bertz CT molecular complexity index is 658. The number of nitroso groups, excluding NO2 is 1. The van der Waals surface area contributed by atoms with Gasteiger partial charge in [-0.3, -0.25) is 19.9 Å². The highest BCUT2D eigenvalue weighted by atomic mass is 16.6. The Morgan fingerprint density at radius 2 is 2.10 bits per heavy atom. The van der Waals surface area contributed by atoms with Crippen molar-refractivity contribution in [3.8, 4) is 0 Å². The molecule has 0 bridgehead atoms. The van der Waals surface area contributed by atoms with Gasteiger partial charge in [0.1, 0.15) is 6.04 Å². The van der Waals surface area contributed by atoms with Crippen LogP contribution in [0.3, 0.4) is 0 Å². The molecule has 2 aromatic rings. The number of hydrogen-bond donors (Lipinski definition) is 0. The molecule has 0 saturated heterocycles. The van der Waals surface area contributed by atoms with E-state index in [4.69, 9.17) is 0 Å². The monoisotopic (exact) mass is 271 g/mol. The maximum absolute atomic E-state index is 11.0. The first-order valence-corrected chi connectivity index (χ1v) is 5.63. The van der Waals surface area contributed by atoms with Crippen LogP contribution < -0.4 is 0 Å². The lowest BCUT2D eigenvalue weighted by atomic mass is 9.98. The maximum atomic E-state index is 11.0. The minimum Gasteiger partial charge on any atom is -0.298 e. The molecule has 0 fully saturated rings. The van der Waals surface area contributed by atoms with Gasteiger partial charge in [-0.05, 0) is 23.8 Å². The number of nitro benzene ring substituents is 1. The standard InChI is InChI=1S/C13H9N3O4/c17-8-11-6-9(3-4-12(11)16(19)20)13(15-18)10-2-1-5-14-7-10/h1-8,13H. The highest BCUT2D eigenvalue weighted by Gasteiger charge is 2.20. The van der Waals surface area contributed by atoms with Crippen molar-refractivity contribution >= 4 is 12.0 Å². The third-order valence-corrected chi connectivity index (χ3v) is 2.80. The summed E-state index contributed by atoms with van der Waals surface area (Å²) in [5, 5.41) is 13.8. The van der Waals surface area contributed by atoms with Crippen LogP contribution in [-0.4, -0.2) is 16.2 Å². The van der Waals surface area contributed by atoms with Gasteiger partial charge in [0, 0.05) is 24.0 Å². The summed E-state index contributed by atoms with van der Waals surface area (Å²) in [5.74, 6) is 0. The van der Waals surface area contributed by atoms with Crippen LogP contribution in [0.1, 0.15) is 27.5 Å². The fraction of sp³-hybridized carbons (Fsp3) is 0.0769. The molecule has 0 N–H and O–H groups in total. The van der Waals surface area contributed by atoms with Crippen molar-refractivity contribution in [2.24, 2.45) is 5.18 Å². The van der Waals surface area contributed by atoms with Gasteiger partial charge < -0.3 is 0 Å². The summed E-state index contributed by atoms with van der Waals surface area (Å²) in [6.45, 7) is 0. The number of carbonyl (C=O) groups excluding carboxylic acids is 1. The summed E-state index contributed by atoms with van der Waals surface area (Å²) < 4.78 is 0. The number of aldehydes is 1. The van der Waals surface area contributed by atoms with Gasteiger partial charge in [-0.1, -0.05) is 11.2 Å². The van der Waals surface area contributed by atoms with Crippen LogP contribution in [0.25, 0.3) is 0 Å². The highest BCUT2D eigenvalue weighted by molar-refractivity contribution is 5.81. The highest BCUT2D eigenvalue weighted by Crippen LogP contribution is 2.28. The van der Waals surface area contributed by atoms with Crippen molar-refractivity contribution in [3.05, 3.63) is 74.4 Å². The van der Waals surface area contributed by atoms with E-state index in [9.17, 15) is 19.8 Å². The van der Waals surface area contributed by atoms with Crippen LogP contribution in [0.2, 0.25) is 0 Å². The van der Waals surface area contributed by atoms with E-state index < -0.39 is 11.0 Å². The number of benzene rings is 1. The average molecular weight is 271 g/mol. The molecule has 7 heteroatoms. The number of rotatable bonds is 5. The molecule has 1 atom stereocenters. The zero-order valence-electron chi connectivity index (χ0n) is 10.2. The van der Waals surface area contributed by atoms with Crippen LogP contribution in [0.5, 0.6) is 0 Å². The van der Waals surface area contributed by atoms with Gasteiger partial charge in [0.2, 0.25) is 0 Å². The molecule has 0 amide bonds. The van der Waals surface area contributed by atoms with Gasteiger partial charge in [0.05, 0.1) is 10.5 Å². The van der Waals surface area contributed by atoms with Crippen molar-refractivity contribution < 1.29 is 9.72 Å². The first kappa shape index (κ1) is 13.5. The molecule has 1 unspecified atom stereocenters. The molecule has 7 nitrogen and oxygen atoms in total. The fourth-order valence-corrected chi connectivity index (χ4v) is 1.86. The van der Waals surface area contributed by atoms with E-state index in [0.717, 1.165) is 0 Å². The number of pyridine rings is 1. The molecule has 0 aliphatic heterocycles. The summed E-state index contributed by atoms with van der Waals surface area (Å²) in [6, 6.07) is 6.35. The minimum atomic E-state index is -0.858. The van der Waals surface area contributed by atoms with Crippen LogP contribution in [-0.2, 0) is 0 Å². The molecule has 0 aliphatic carbocycles. The third-order valence-electron chi connectivity index (χ3n) is 2.80. The van der Waals surface area contributed by atoms with Gasteiger partial charge in [-0.25, -0.2) is 0 Å². The molecule has 2 rings (SSSR count). The molecular weight excluding hydrogens is 262 g/mol. The predicted octanol–water partition coefficient (Wildman–Crippen LogP) is 2.66. The van der Waals surface area contributed by atoms with Crippen molar-refractivity contribution in [3.63, 3.8) is 0 Å². The molecule has 100 valence electrons. The lowest BCUT2D eigenvalue weighted by molar-refractivity contribution is -0.385. The van der Waals surface area contributed by atoms with Crippen LogP contribution >= 0.6 is 0 Å². The summed E-state index contributed by atoms with van der Waals surface area (Å²) in [4.78, 5) is 35.9. The molecule has 0 radical (unpaired) electrons. The number of nitrogens with zero attached hydrogens (tertiary/aromatic N) is 3. The van der Waals surface area contributed by atoms with Gasteiger partial charge in [0.15, 0.2) is 6.29 Å². The third kappa shape index (κ3) is 2.56. The summed E-state index contributed by atoms with van der Waals surface area (Å²) in [5.41, 5.74) is 0.554. The first-order valence-electron chi connectivity index (χ1n) is 5.63. The Morgan fingerprint density at radius 3 is 2.65 bits per heavy atom. The molecule has 1 aromatic heterocycles. The molecule has 0 spiro atoms. The van der Waals surface area contributed by atoms with Gasteiger partial charge in [-0.15, -0.1) is 4.91 Å². The second-order valence-electron chi connectivity index (χ2n) is 3.99. The normalized spacial score (nSPS) is 11.6. The molecule has 20 heavy (non-hydrogen) atoms. The van der Waals surface area contributed by atoms with Crippen LogP contribution in [0.15, 0.2) is 47.9 Å². The zero-order chi connectivity index (χ0) is 14.5. The van der Waals surface area contributed by atoms with E-state index in [1.807, 2.05) is 0 Å². The number of hydrogen-bond acceptors (Lipinski definition) is 6. The number of carbonyl (C=O) groups is 1. The summed E-state index contributed by atoms with van der Waals surface area (Å²) in [7, 11) is 0. The van der Waals surface area contributed by atoms with E-state index in [1.54, 1.807) is 18.3 Å². The SMILES string of the molecule is O=Cc1cc(C(N=O)c2cccnc2)ccc1[N+](=O)[O-]. The Kier molecular flexibility index (Phi) is 3.90. The largest absolute Gasteiger partial charge is 0.298 e. The van der Waals surface area contributed by atoms with E-state index in [2.05, 4.69) is 10.2 Å². The Labute approximate surface area is 113 Å². The van der Waals surface area contributed by atoms with Gasteiger partial charge in [-0.2, -0.15) is 0 Å². The van der Waals surface area contributed by atoms with Crippen LogP contribution in [0.4, 0.5) is 5.69 Å². The smallest absolute Gasteiger partial charge is 0.279 e. The molecule has 0 saturated carbocycles. The minimum absolute atomic E-state index is 0.0926. The molecule has 1 heterocycles. The molecule has 1 aromatic carbocycles. The van der Waals surface area contributed by atoms with Crippen molar-refractivity contribution in [1.82, 2.24) is 4.98 Å². The predicted molar refractivity (Wildman–Crippen MR) is 70.4 cm³/mol. The quantitative estimate of drug-likeness (QED) is 0.360. The Morgan fingerprint density at radius 1 is 1.30 bits per heavy atom. The van der Waals surface area contributed by atoms with Gasteiger partial charge in [0.25, 0.3) is 5.69 Å². The zero-order valence-corrected chi connectivity index (χ0v) is 10.2. The second kappa shape index (κ2) is 5.79. The van der Waals surface area contributed by atoms with Crippen molar-refractivity contribution in [2.75, 3.05) is 0 Å². The Balaban J connectivity index is 2.49. The lowest BCUT2D eigenvalue weighted by Crippen LogP contribution is -2.01. The second-order valence-corrected chi connectivity index (χ2v) is 3.99. The van der Waals surface area contributed by atoms with Crippen molar-refractivity contribution in [2.45, 2.75) is 6.04 Å². The number of nitro groups is 1. The molecular formula is C13H9N3O4. The van der Waals surface area contributed by atoms with E-state index in [-0.39, 0.29) is 11.3 Å². The fourth-order valence-electron chi connectivity index (χ4n) is 1.86. The number of aromatic nitrogens is 1. The maximum Gasteiger partial charge on any atom is 0.279 e. The van der Waals surface area contributed by atoms with Crippen LogP contribution in [0, 0.1) is 15.0 Å².